The quantitative estimate of drug-likeness (QED) is 0.559. The van der Waals surface area contributed by atoms with E-state index in [1.165, 1.54) is 4.90 Å². The number of hydrogen-bond donors (Lipinski definition) is 2. The number of amides is 2. The molecule has 202 valence electrons. The maximum Gasteiger partial charge on any atom is 0.389 e. The number of aliphatic hydroxyl groups excluding tert-OH is 1. The first kappa shape index (κ1) is 27.0. The second-order valence-corrected chi connectivity index (χ2v) is 9.64. The highest BCUT2D eigenvalue weighted by Crippen LogP contribution is 2.33. The normalized spacial score (nSPS) is 19.1. The van der Waals surface area contributed by atoms with E-state index < -0.39 is 30.7 Å². The summed E-state index contributed by atoms with van der Waals surface area (Å²) in [6.07, 6.45) is -5.21. The Morgan fingerprint density at radius 1 is 1.24 bits per heavy atom. The number of likely N-dealkylation sites (tertiary alicyclic amines) is 1. The van der Waals surface area contributed by atoms with Gasteiger partial charge in [-0.25, -0.2) is 4.79 Å². The van der Waals surface area contributed by atoms with Crippen molar-refractivity contribution in [2.45, 2.75) is 39.0 Å². The van der Waals surface area contributed by atoms with Crippen molar-refractivity contribution in [3.05, 3.63) is 35.9 Å². The summed E-state index contributed by atoms with van der Waals surface area (Å²) in [5.74, 6) is 0.527. The summed E-state index contributed by atoms with van der Waals surface area (Å²) >= 11 is 0. The van der Waals surface area contributed by atoms with Gasteiger partial charge in [0.2, 0.25) is 5.88 Å². The fourth-order valence-electron chi connectivity index (χ4n) is 4.63. The van der Waals surface area contributed by atoms with Crippen LogP contribution < -0.4 is 15.0 Å². The van der Waals surface area contributed by atoms with Gasteiger partial charge in [-0.05, 0) is 61.1 Å². The minimum absolute atomic E-state index is 0.0844. The number of pyridine rings is 1. The van der Waals surface area contributed by atoms with Crippen molar-refractivity contribution < 1.29 is 32.5 Å². The van der Waals surface area contributed by atoms with E-state index in [0.717, 1.165) is 22.5 Å². The Morgan fingerprint density at radius 3 is 2.70 bits per heavy atom. The summed E-state index contributed by atoms with van der Waals surface area (Å²) in [6, 6.07) is 8.84. The highest BCUT2D eigenvalue weighted by Gasteiger charge is 2.36. The molecule has 0 radical (unpaired) electrons. The number of nitrogens with one attached hydrogen (secondary N) is 1. The molecule has 0 aliphatic carbocycles. The molecule has 0 bridgehead atoms. The molecule has 0 unspecified atom stereocenters. The maximum atomic E-state index is 12.8. The smallest absolute Gasteiger partial charge is 0.389 e. The van der Waals surface area contributed by atoms with Crippen LogP contribution in [-0.2, 0) is 4.74 Å². The van der Waals surface area contributed by atoms with Crippen LogP contribution in [0.15, 0.2) is 30.3 Å². The van der Waals surface area contributed by atoms with Crippen LogP contribution in [0.4, 0.5) is 29.5 Å². The van der Waals surface area contributed by atoms with E-state index in [1.54, 1.807) is 19.1 Å². The Balaban J connectivity index is 1.55. The molecule has 0 spiro atoms. The van der Waals surface area contributed by atoms with E-state index >= 15 is 0 Å². The predicted molar refractivity (Wildman–Crippen MR) is 134 cm³/mol. The highest BCUT2D eigenvalue weighted by molar-refractivity contribution is 5.90. The van der Waals surface area contributed by atoms with Gasteiger partial charge in [0.05, 0.1) is 19.8 Å². The summed E-state index contributed by atoms with van der Waals surface area (Å²) in [7, 11) is 0. The Bertz CT molecular complexity index is 1090. The number of urea groups is 1. The van der Waals surface area contributed by atoms with E-state index in [4.69, 9.17) is 9.47 Å². The Kier molecular flexibility index (Phi) is 8.43. The van der Waals surface area contributed by atoms with Crippen molar-refractivity contribution in [3.63, 3.8) is 0 Å². The number of morpholine rings is 1. The number of ether oxygens (including phenoxy) is 2. The van der Waals surface area contributed by atoms with Gasteiger partial charge in [0, 0.05) is 44.4 Å². The second-order valence-electron chi connectivity index (χ2n) is 9.64. The van der Waals surface area contributed by atoms with Crippen LogP contribution in [0.3, 0.4) is 0 Å². The number of halogens is 3. The summed E-state index contributed by atoms with van der Waals surface area (Å²) < 4.78 is 49.5. The number of rotatable bonds is 7. The Labute approximate surface area is 214 Å². The number of anilines is 2. The summed E-state index contributed by atoms with van der Waals surface area (Å²) in [5.41, 5.74) is 3.19. The van der Waals surface area contributed by atoms with E-state index in [1.807, 2.05) is 25.1 Å². The third kappa shape index (κ3) is 7.26. The predicted octanol–water partition coefficient (Wildman–Crippen LogP) is 4.46. The second kappa shape index (κ2) is 11.6. The lowest BCUT2D eigenvalue weighted by molar-refractivity contribution is -0.143. The molecule has 2 saturated heterocycles. The molecule has 37 heavy (non-hydrogen) atoms. The average Bonchev–Trinajstić information content (AvgIpc) is 3.32. The van der Waals surface area contributed by atoms with Gasteiger partial charge in [-0.15, -0.1) is 0 Å². The van der Waals surface area contributed by atoms with Crippen LogP contribution in [-0.4, -0.2) is 79.3 Å². The Hall–Kier alpha value is -3.05. The Morgan fingerprint density at radius 2 is 2.00 bits per heavy atom. The van der Waals surface area contributed by atoms with Gasteiger partial charge in [0.1, 0.15) is 11.9 Å². The minimum Gasteiger partial charge on any atom is -0.472 e. The highest BCUT2D eigenvalue weighted by atomic mass is 19.4. The molecule has 2 aliphatic rings. The summed E-state index contributed by atoms with van der Waals surface area (Å²) in [6.45, 7) is 6.49. The van der Waals surface area contributed by atoms with Gasteiger partial charge < -0.3 is 29.7 Å². The van der Waals surface area contributed by atoms with Gasteiger partial charge in [0.25, 0.3) is 0 Å². The number of aromatic nitrogens is 1. The van der Waals surface area contributed by atoms with Gasteiger partial charge in [-0.1, -0.05) is 6.07 Å². The first-order valence-corrected chi connectivity index (χ1v) is 12.5. The molecule has 2 atom stereocenters. The van der Waals surface area contributed by atoms with Gasteiger partial charge in [-0.3, -0.25) is 0 Å². The van der Waals surface area contributed by atoms with Crippen molar-refractivity contribution in [2.24, 2.45) is 5.92 Å². The monoisotopic (exact) mass is 522 g/mol. The molecule has 1 aromatic heterocycles. The van der Waals surface area contributed by atoms with Crippen molar-refractivity contribution in [3.8, 4) is 17.0 Å². The fraction of sp³-hybridized carbons (Fsp3) is 0.538. The minimum atomic E-state index is -4.23. The number of aliphatic hydroxyl groups is 1. The first-order chi connectivity index (χ1) is 17.6. The van der Waals surface area contributed by atoms with Crippen LogP contribution in [0.1, 0.15) is 25.3 Å². The van der Waals surface area contributed by atoms with Gasteiger partial charge in [-0.2, -0.15) is 18.2 Å². The largest absolute Gasteiger partial charge is 0.472 e. The van der Waals surface area contributed by atoms with Crippen LogP contribution in [0.5, 0.6) is 5.88 Å². The average molecular weight is 523 g/mol. The van der Waals surface area contributed by atoms with Crippen LogP contribution in [0.2, 0.25) is 0 Å². The zero-order valence-electron chi connectivity index (χ0n) is 21.1. The number of hydrogen-bond acceptors (Lipinski definition) is 6. The molecule has 2 aliphatic heterocycles. The summed E-state index contributed by atoms with van der Waals surface area (Å²) in [5, 5.41) is 12.3. The van der Waals surface area contributed by atoms with Crippen molar-refractivity contribution in [2.75, 3.05) is 56.2 Å². The lowest BCUT2D eigenvalue weighted by atomic mass is 10.00. The SMILES string of the molecule is Cc1ccc(NC(=O)N2CC[C@@H](CC(F)(F)F)C2)cc1-c1cc(O[C@@H](C)CO)nc(N2CCOCC2)c1. The molecule has 2 N–H and O–H groups in total. The zero-order valence-corrected chi connectivity index (χ0v) is 21.1. The van der Waals surface area contributed by atoms with Gasteiger partial charge >= 0.3 is 12.2 Å². The molecule has 0 saturated carbocycles. The number of carbonyl (C=O) groups is 1. The van der Waals surface area contributed by atoms with Crippen LogP contribution >= 0.6 is 0 Å². The molecule has 1 aromatic carbocycles. The third-order valence-corrected chi connectivity index (χ3v) is 6.60. The molecule has 4 rings (SSSR count). The lowest BCUT2D eigenvalue weighted by Crippen LogP contribution is -2.36. The van der Waals surface area contributed by atoms with E-state index in [2.05, 4.69) is 15.2 Å². The summed E-state index contributed by atoms with van der Waals surface area (Å²) in [4.78, 5) is 21.0. The number of benzene rings is 1. The van der Waals surface area contributed by atoms with Crippen molar-refractivity contribution >= 4 is 17.5 Å². The zero-order chi connectivity index (χ0) is 26.6. The topological polar surface area (TPSA) is 87.2 Å². The van der Waals surface area contributed by atoms with Crippen LogP contribution in [0, 0.1) is 12.8 Å². The molecule has 2 aromatic rings. The van der Waals surface area contributed by atoms with E-state index in [9.17, 15) is 23.1 Å². The molecule has 2 fully saturated rings. The maximum absolute atomic E-state index is 12.8. The first-order valence-electron chi connectivity index (χ1n) is 12.5. The number of nitrogens with zero attached hydrogens (tertiary/aromatic N) is 3. The number of aryl methyl sites for hydroxylation is 1. The molecular formula is C26H33F3N4O4. The van der Waals surface area contributed by atoms with Crippen molar-refractivity contribution in [1.82, 2.24) is 9.88 Å². The molecule has 3 heterocycles. The fourth-order valence-corrected chi connectivity index (χ4v) is 4.63. The number of alkyl halides is 3. The molecular weight excluding hydrogens is 489 g/mol. The number of carbonyl (C=O) groups excluding carboxylic acids is 1. The standard InChI is InChI=1S/C26H33F3N4O4/c1-17-3-4-21(30-25(35)33-6-5-19(15-33)14-26(27,28)29)13-22(17)20-11-23(32-7-9-36-10-8-32)31-24(12-20)37-18(2)16-34/h3-4,11-13,18-19,34H,5-10,14-16H2,1-2H3,(H,30,35)/t18-,19-/m0/s1. The van der Waals surface area contributed by atoms with E-state index in [-0.39, 0.29) is 13.2 Å². The van der Waals surface area contributed by atoms with Gasteiger partial charge in [0.15, 0.2) is 0 Å². The van der Waals surface area contributed by atoms with E-state index in [0.29, 0.717) is 50.8 Å². The van der Waals surface area contributed by atoms with Crippen LogP contribution in [0.25, 0.3) is 11.1 Å². The lowest BCUT2D eigenvalue weighted by Gasteiger charge is -2.28. The molecule has 2 amide bonds. The van der Waals surface area contributed by atoms with Crippen molar-refractivity contribution in [1.29, 1.82) is 0 Å². The molecule has 8 nitrogen and oxygen atoms in total. The third-order valence-electron chi connectivity index (χ3n) is 6.60. The molecule has 11 heteroatoms.